The quantitative estimate of drug-likeness (QED) is 0.852. The number of halogens is 2. The van der Waals surface area contributed by atoms with Crippen molar-refractivity contribution in [1.29, 1.82) is 0 Å². The van der Waals surface area contributed by atoms with Crippen LogP contribution >= 0.6 is 23.2 Å². The highest BCUT2D eigenvalue weighted by molar-refractivity contribution is 6.37. The fourth-order valence-electron chi connectivity index (χ4n) is 1.66. The summed E-state index contributed by atoms with van der Waals surface area (Å²) >= 11 is 11.9. The summed E-state index contributed by atoms with van der Waals surface area (Å²) in [6.45, 7) is 4.31. The summed E-state index contributed by atoms with van der Waals surface area (Å²) in [5.74, 6) is 1.26. The van der Waals surface area contributed by atoms with Crippen LogP contribution < -0.4 is 11.1 Å². The van der Waals surface area contributed by atoms with Gasteiger partial charge in [-0.15, -0.1) is 0 Å². The van der Waals surface area contributed by atoms with Gasteiger partial charge in [0.2, 0.25) is 0 Å². The molecule has 100 valence electrons. The number of hydrogen-bond acceptors (Lipinski definition) is 3. The summed E-state index contributed by atoms with van der Waals surface area (Å²) < 4.78 is 0. The third-order valence-corrected chi connectivity index (χ3v) is 3.39. The molecule has 0 saturated heterocycles. The zero-order valence-corrected chi connectivity index (χ0v) is 12.3. The summed E-state index contributed by atoms with van der Waals surface area (Å²) in [7, 11) is 0. The van der Waals surface area contributed by atoms with Crippen LogP contribution in [0.4, 0.5) is 17.3 Å². The molecule has 0 bridgehead atoms. The highest BCUT2D eigenvalue weighted by Crippen LogP contribution is 2.29. The third-order valence-electron chi connectivity index (χ3n) is 2.80. The Labute approximate surface area is 122 Å². The molecule has 0 atom stereocenters. The van der Waals surface area contributed by atoms with Crippen LogP contribution in [-0.2, 0) is 0 Å². The molecule has 0 unspecified atom stereocenters. The van der Waals surface area contributed by atoms with Gasteiger partial charge in [0, 0.05) is 5.69 Å². The molecular formula is C14H15Cl2N3. The van der Waals surface area contributed by atoms with Crippen molar-refractivity contribution in [2.24, 2.45) is 0 Å². The molecule has 3 nitrogen and oxygen atoms in total. The maximum atomic E-state index is 6.07. The van der Waals surface area contributed by atoms with Crippen molar-refractivity contribution in [2.75, 3.05) is 11.1 Å². The smallest absolute Gasteiger partial charge is 0.151 e. The average molecular weight is 296 g/mol. The summed E-state index contributed by atoms with van der Waals surface area (Å²) in [5, 5.41) is 3.91. The van der Waals surface area contributed by atoms with Gasteiger partial charge in [0.25, 0.3) is 0 Å². The molecule has 0 saturated carbocycles. The molecule has 2 aromatic rings. The van der Waals surface area contributed by atoms with Gasteiger partial charge in [0.05, 0.1) is 10.0 Å². The number of hydrogen-bond donors (Lipinski definition) is 2. The van der Waals surface area contributed by atoms with Gasteiger partial charge in [-0.05, 0) is 29.7 Å². The standard InChI is InChI=1S/C14H15Cl2N3/c1-8(2)9-3-5-10(6-4-9)18-14-12(16)7-11(15)13(17)19-14/h3-8H,1-2H3,(H3,17,18,19). The zero-order valence-electron chi connectivity index (χ0n) is 10.7. The van der Waals surface area contributed by atoms with E-state index >= 15 is 0 Å². The van der Waals surface area contributed by atoms with Gasteiger partial charge in [-0.25, -0.2) is 4.98 Å². The molecule has 1 aromatic carbocycles. The Balaban J connectivity index is 2.24. The topological polar surface area (TPSA) is 50.9 Å². The Bertz CT molecular complexity index is 580. The van der Waals surface area contributed by atoms with Crippen LogP contribution in [0.3, 0.4) is 0 Å². The number of anilines is 3. The molecule has 19 heavy (non-hydrogen) atoms. The number of rotatable bonds is 3. The summed E-state index contributed by atoms with van der Waals surface area (Å²) in [5.41, 5.74) is 7.85. The van der Waals surface area contributed by atoms with E-state index < -0.39 is 0 Å². The minimum atomic E-state index is 0.257. The van der Waals surface area contributed by atoms with Crippen LogP contribution in [0.25, 0.3) is 0 Å². The Kier molecular flexibility index (Phi) is 4.17. The number of nitrogens with two attached hydrogens (primary N) is 1. The molecule has 1 heterocycles. The summed E-state index contributed by atoms with van der Waals surface area (Å²) in [4.78, 5) is 4.13. The fourth-order valence-corrected chi connectivity index (χ4v) is 2.06. The van der Waals surface area contributed by atoms with E-state index in [1.165, 1.54) is 5.56 Å². The number of pyridine rings is 1. The van der Waals surface area contributed by atoms with Crippen molar-refractivity contribution in [3.8, 4) is 0 Å². The maximum absolute atomic E-state index is 6.07. The third kappa shape index (κ3) is 3.31. The molecule has 0 radical (unpaired) electrons. The molecule has 0 fully saturated rings. The molecule has 0 aliphatic carbocycles. The van der Waals surface area contributed by atoms with Gasteiger partial charge in [-0.3, -0.25) is 0 Å². The predicted octanol–water partition coefficient (Wildman–Crippen LogP) is 4.84. The number of nitrogen functional groups attached to an aromatic ring is 1. The van der Waals surface area contributed by atoms with E-state index in [0.29, 0.717) is 21.8 Å². The monoisotopic (exact) mass is 295 g/mol. The van der Waals surface area contributed by atoms with Crippen LogP contribution in [0.2, 0.25) is 10.0 Å². The first-order valence-corrected chi connectivity index (χ1v) is 6.71. The Morgan fingerprint density at radius 2 is 1.74 bits per heavy atom. The Morgan fingerprint density at radius 3 is 2.32 bits per heavy atom. The molecule has 1 aromatic heterocycles. The van der Waals surface area contributed by atoms with Gasteiger partial charge in [-0.1, -0.05) is 49.2 Å². The lowest BCUT2D eigenvalue weighted by molar-refractivity contribution is 0.867. The minimum absolute atomic E-state index is 0.257. The molecule has 0 amide bonds. The SMILES string of the molecule is CC(C)c1ccc(Nc2nc(N)c(Cl)cc2Cl)cc1. The van der Waals surface area contributed by atoms with E-state index in [2.05, 4.69) is 36.3 Å². The maximum Gasteiger partial charge on any atom is 0.151 e. The van der Waals surface area contributed by atoms with Crippen molar-refractivity contribution >= 4 is 40.5 Å². The first-order chi connectivity index (χ1) is 8.97. The first kappa shape index (κ1) is 14.0. The Hall–Kier alpha value is -1.45. The number of nitrogens with one attached hydrogen (secondary N) is 1. The minimum Gasteiger partial charge on any atom is -0.382 e. The predicted molar refractivity (Wildman–Crippen MR) is 82.5 cm³/mol. The molecular weight excluding hydrogens is 281 g/mol. The highest BCUT2D eigenvalue weighted by Gasteiger charge is 2.07. The lowest BCUT2D eigenvalue weighted by Crippen LogP contribution is -1.99. The van der Waals surface area contributed by atoms with Crippen LogP contribution in [0.5, 0.6) is 0 Å². The van der Waals surface area contributed by atoms with Crippen LogP contribution in [0.15, 0.2) is 30.3 Å². The van der Waals surface area contributed by atoms with Crippen LogP contribution in [0.1, 0.15) is 25.3 Å². The van der Waals surface area contributed by atoms with E-state index in [9.17, 15) is 0 Å². The van der Waals surface area contributed by atoms with E-state index in [4.69, 9.17) is 28.9 Å². The lowest BCUT2D eigenvalue weighted by Gasteiger charge is -2.11. The number of benzene rings is 1. The first-order valence-electron chi connectivity index (χ1n) is 5.96. The molecule has 2 rings (SSSR count). The van der Waals surface area contributed by atoms with Gasteiger partial charge in [0.1, 0.15) is 5.82 Å². The van der Waals surface area contributed by atoms with Gasteiger partial charge in [-0.2, -0.15) is 0 Å². The van der Waals surface area contributed by atoms with Crippen LogP contribution in [0, 0.1) is 0 Å². The molecule has 0 aliphatic heterocycles. The summed E-state index contributed by atoms with van der Waals surface area (Å²) in [6, 6.07) is 9.69. The zero-order chi connectivity index (χ0) is 14.0. The molecule has 0 aliphatic rings. The second-order valence-corrected chi connectivity index (χ2v) is 5.40. The van der Waals surface area contributed by atoms with Gasteiger partial charge < -0.3 is 11.1 Å². The second kappa shape index (κ2) is 5.68. The van der Waals surface area contributed by atoms with Crippen molar-refractivity contribution in [3.05, 3.63) is 45.9 Å². The van der Waals surface area contributed by atoms with E-state index in [1.807, 2.05) is 12.1 Å². The van der Waals surface area contributed by atoms with Gasteiger partial charge >= 0.3 is 0 Å². The largest absolute Gasteiger partial charge is 0.382 e. The molecule has 0 spiro atoms. The van der Waals surface area contributed by atoms with E-state index in [-0.39, 0.29) is 5.82 Å². The van der Waals surface area contributed by atoms with Crippen molar-refractivity contribution in [3.63, 3.8) is 0 Å². The molecule has 5 heteroatoms. The second-order valence-electron chi connectivity index (χ2n) is 4.59. The van der Waals surface area contributed by atoms with Crippen molar-refractivity contribution in [1.82, 2.24) is 4.98 Å². The molecule has 3 N–H and O–H groups in total. The Morgan fingerprint density at radius 1 is 1.11 bits per heavy atom. The highest BCUT2D eigenvalue weighted by atomic mass is 35.5. The normalized spacial score (nSPS) is 10.8. The number of aromatic nitrogens is 1. The lowest BCUT2D eigenvalue weighted by atomic mass is 10.0. The number of nitrogens with zero attached hydrogens (tertiary/aromatic N) is 1. The van der Waals surface area contributed by atoms with Crippen LogP contribution in [-0.4, -0.2) is 4.98 Å². The van der Waals surface area contributed by atoms with Crippen molar-refractivity contribution < 1.29 is 0 Å². The van der Waals surface area contributed by atoms with Gasteiger partial charge in [0.15, 0.2) is 5.82 Å². The van der Waals surface area contributed by atoms with E-state index in [0.717, 1.165) is 5.69 Å². The average Bonchev–Trinajstić information content (AvgIpc) is 2.36. The summed E-state index contributed by atoms with van der Waals surface area (Å²) in [6.07, 6.45) is 0. The fraction of sp³-hybridized carbons (Fsp3) is 0.214. The van der Waals surface area contributed by atoms with E-state index in [1.54, 1.807) is 6.07 Å². The van der Waals surface area contributed by atoms with Crippen molar-refractivity contribution in [2.45, 2.75) is 19.8 Å².